The van der Waals surface area contributed by atoms with Gasteiger partial charge in [-0.15, -0.1) is 0 Å². The van der Waals surface area contributed by atoms with Crippen LogP contribution in [0, 0.1) is 11.3 Å². The van der Waals surface area contributed by atoms with E-state index in [1.54, 1.807) is 12.1 Å². The molecule has 1 fully saturated rings. The summed E-state index contributed by atoms with van der Waals surface area (Å²) in [4.78, 5) is 2.38. The number of hydrogen-bond donors (Lipinski definition) is 1. The second kappa shape index (κ2) is 8.55. The molecule has 0 spiro atoms. The highest BCUT2D eigenvalue weighted by atomic mass is 35.5. The van der Waals surface area contributed by atoms with Crippen molar-refractivity contribution >= 4 is 28.9 Å². The molecule has 0 amide bonds. The van der Waals surface area contributed by atoms with Crippen LogP contribution in [0.3, 0.4) is 0 Å². The molecule has 6 heteroatoms. The van der Waals surface area contributed by atoms with Crippen molar-refractivity contribution in [3.05, 3.63) is 63.6 Å². The van der Waals surface area contributed by atoms with Crippen LogP contribution >= 0.6 is 23.2 Å². The molecule has 0 bridgehead atoms. The van der Waals surface area contributed by atoms with Gasteiger partial charge < -0.3 is 10.1 Å². The van der Waals surface area contributed by atoms with Crippen LogP contribution < -0.4 is 5.32 Å². The summed E-state index contributed by atoms with van der Waals surface area (Å²) in [5.41, 5.74) is 2.45. The number of rotatable bonds is 5. The summed E-state index contributed by atoms with van der Waals surface area (Å²) in [6.45, 7) is 3.87. The SMILES string of the molecule is N#Cc1ccc(NCC(c2ccccc2Cl)N2CCOCC2)cc1Cl. The number of hydrogen-bond acceptors (Lipinski definition) is 4. The van der Waals surface area contributed by atoms with Crippen molar-refractivity contribution in [2.24, 2.45) is 0 Å². The summed E-state index contributed by atoms with van der Waals surface area (Å²) in [6, 6.07) is 15.5. The first-order valence-electron chi connectivity index (χ1n) is 8.19. The summed E-state index contributed by atoms with van der Waals surface area (Å²) >= 11 is 12.6. The Morgan fingerprint density at radius 1 is 1.12 bits per heavy atom. The maximum atomic E-state index is 8.99. The molecule has 2 aromatic rings. The van der Waals surface area contributed by atoms with Crippen LogP contribution in [0.2, 0.25) is 10.0 Å². The van der Waals surface area contributed by atoms with Crippen LogP contribution in [0.4, 0.5) is 5.69 Å². The number of nitrogens with zero attached hydrogens (tertiary/aromatic N) is 2. The summed E-state index contributed by atoms with van der Waals surface area (Å²) in [5.74, 6) is 0. The number of halogens is 2. The van der Waals surface area contributed by atoms with Gasteiger partial charge in [0.05, 0.1) is 29.8 Å². The van der Waals surface area contributed by atoms with Gasteiger partial charge in [0.2, 0.25) is 0 Å². The van der Waals surface area contributed by atoms with Crippen LogP contribution in [0.1, 0.15) is 17.2 Å². The highest BCUT2D eigenvalue weighted by molar-refractivity contribution is 6.32. The van der Waals surface area contributed by atoms with Gasteiger partial charge in [-0.1, -0.05) is 41.4 Å². The molecular weight excluding hydrogens is 357 g/mol. The maximum Gasteiger partial charge on any atom is 0.101 e. The average molecular weight is 376 g/mol. The normalized spacial score (nSPS) is 16.2. The fraction of sp³-hybridized carbons (Fsp3) is 0.316. The van der Waals surface area contributed by atoms with E-state index in [-0.39, 0.29) is 6.04 Å². The number of ether oxygens (including phenoxy) is 1. The second-order valence-corrected chi connectivity index (χ2v) is 6.69. The Labute approximate surface area is 157 Å². The lowest BCUT2D eigenvalue weighted by Crippen LogP contribution is -2.41. The minimum absolute atomic E-state index is 0.131. The maximum absolute atomic E-state index is 8.99. The van der Waals surface area contributed by atoms with Gasteiger partial charge in [0.25, 0.3) is 0 Å². The Hall–Kier alpha value is -1.77. The predicted molar refractivity (Wildman–Crippen MR) is 101 cm³/mol. The Balaban J connectivity index is 1.79. The van der Waals surface area contributed by atoms with Crippen molar-refractivity contribution in [1.82, 2.24) is 4.90 Å². The number of anilines is 1. The number of morpholine rings is 1. The molecule has 0 radical (unpaired) electrons. The molecule has 3 rings (SSSR count). The smallest absolute Gasteiger partial charge is 0.101 e. The standard InChI is InChI=1S/C19H19Cl2N3O/c20-17-4-2-1-3-16(17)19(24-7-9-25-10-8-24)13-23-15-6-5-14(12-22)18(21)11-15/h1-6,11,19,23H,7-10,13H2. The molecule has 1 N–H and O–H groups in total. The van der Waals surface area contributed by atoms with E-state index >= 15 is 0 Å². The second-order valence-electron chi connectivity index (χ2n) is 5.87. The molecule has 130 valence electrons. The molecule has 1 atom stereocenters. The topological polar surface area (TPSA) is 48.3 Å². The summed E-state index contributed by atoms with van der Waals surface area (Å²) in [7, 11) is 0. The number of benzene rings is 2. The van der Waals surface area contributed by atoms with Gasteiger partial charge in [0.15, 0.2) is 0 Å². The van der Waals surface area contributed by atoms with Crippen molar-refractivity contribution in [2.45, 2.75) is 6.04 Å². The van der Waals surface area contributed by atoms with Crippen LogP contribution in [0.25, 0.3) is 0 Å². The van der Waals surface area contributed by atoms with Gasteiger partial charge in [-0.3, -0.25) is 4.90 Å². The van der Waals surface area contributed by atoms with E-state index in [9.17, 15) is 0 Å². The molecule has 1 saturated heterocycles. The van der Waals surface area contributed by atoms with Gasteiger partial charge in [-0.05, 0) is 29.8 Å². The molecule has 4 nitrogen and oxygen atoms in total. The van der Waals surface area contributed by atoms with Gasteiger partial charge in [-0.2, -0.15) is 5.26 Å². The average Bonchev–Trinajstić information content (AvgIpc) is 2.64. The van der Waals surface area contributed by atoms with Gasteiger partial charge in [-0.25, -0.2) is 0 Å². The molecule has 2 aromatic carbocycles. The molecule has 1 unspecified atom stereocenters. The van der Waals surface area contributed by atoms with E-state index in [4.69, 9.17) is 33.2 Å². The molecule has 1 aliphatic rings. The van der Waals surface area contributed by atoms with Crippen molar-refractivity contribution in [3.63, 3.8) is 0 Å². The van der Waals surface area contributed by atoms with Crippen LogP contribution in [0.15, 0.2) is 42.5 Å². The van der Waals surface area contributed by atoms with Crippen molar-refractivity contribution < 1.29 is 4.74 Å². The van der Waals surface area contributed by atoms with Crippen molar-refractivity contribution in [3.8, 4) is 6.07 Å². The molecule has 0 aromatic heterocycles. The number of nitriles is 1. The van der Waals surface area contributed by atoms with Crippen LogP contribution in [-0.4, -0.2) is 37.7 Å². The minimum Gasteiger partial charge on any atom is -0.383 e. The van der Waals surface area contributed by atoms with E-state index < -0.39 is 0 Å². The Morgan fingerprint density at radius 3 is 2.56 bits per heavy atom. The van der Waals surface area contributed by atoms with E-state index in [2.05, 4.69) is 22.4 Å². The first-order valence-corrected chi connectivity index (χ1v) is 8.94. The molecule has 0 saturated carbocycles. The number of nitrogens with one attached hydrogen (secondary N) is 1. The highest BCUT2D eigenvalue weighted by Gasteiger charge is 2.24. The Kier molecular flexibility index (Phi) is 6.17. The monoisotopic (exact) mass is 375 g/mol. The molecule has 1 aliphatic heterocycles. The Morgan fingerprint density at radius 2 is 1.88 bits per heavy atom. The van der Waals surface area contributed by atoms with Gasteiger partial charge in [0.1, 0.15) is 6.07 Å². The quantitative estimate of drug-likeness (QED) is 0.843. The zero-order valence-electron chi connectivity index (χ0n) is 13.7. The van der Waals surface area contributed by atoms with Gasteiger partial charge >= 0.3 is 0 Å². The first-order chi connectivity index (χ1) is 12.2. The summed E-state index contributed by atoms with van der Waals surface area (Å²) in [5, 5.41) is 13.6. The molecule has 1 heterocycles. The van der Waals surface area contributed by atoms with E-state index in [1.807, 2.05) is 24.3 Å². The third-order valence-corrected chi connectivity index (χ3v) is 5.00. The van der Waals surface area contributed by atoms with Crippen LogP contribution in [0.5, 0.6) is 0 Å². The fourth-order valence-electron chi connectivity index (χ4n) is 3.00. The third-order valence-electron chi connectivity index (χ3n) is 4.34. The minimum atomic E-state index is 0.131. The fourth-order valence-corrected chi connectivity index (χ4v) is 3.48. The summed E-state index contributed by atoms with van der Waals surface area (Å²) < 4.78 is 5.48. The molecule has 25 heavy (non-hydrogen) atoms. The summed E-state index contributed by atoms with van der Waals surface area (Å²) in [6.07, 6.45) is 0. The lowest BCUT2D eigenvalue weighted by molar-refractivity contribution is 0.0187. The van der Waals surface area contributed by atoms with Crippen molar-refractivity contribution in [2.75, 3.05) is 38.2 Å². The molecule has 0 aliphatic carbocycles. The van der Waals surface area contributed by atoms with E-state index in [0.29, 0.717) is 17.1 Å². The third kappa shape index (κ3) is 4.45. The lowest BCUT2D eigenvalue weighted by Gasteiger charge is -2.35. The largest absolute Gasteiger partial charge is 0.383 e. The zero-order chi connectivity index (χ0) is 17.6. The highest BCUT2D eigenvalue weighted by Crippen LogP contribution is 2.29. The van der Waals surface area contributed by atoms with E-state index in [0.717, 1.165) is 42.6 Å². The Bertz CT molecular complexity index is 770. The molecular formula is C19H19Cl2N3O. The first kappa shape index (κ1) is 18.0. The van der Waals surface area contributed by atoms with Gasteiger partial charge in [0, 0.05) is 30.3 Å². The predicted octanol–water partition coefficient (Wildman–Crippen LogP) is 4.35. The lowest BCUT2D eigenvalue weighted by atomic mass is 10.0. The van der Waals surface area contributed by atoms with E-state index in [1.165, 1.54) is 0 Å². The van der Waals surface area contributed by atoms with Crippen LogP contribution in [-0.2, 0) is 4.74 Å². The van der Waals surface area contributed by atoms with Crippen molar-refractivity contribution in [1.29, 1.82) is 5.26 Å². The zero-order valence-corrected chi connectivity index (χ0v) is 15.2.